The largest absolute Gasteiger partial charge is 0.448 e. The molecule has 4 fully saturated rings. The molecular formula is C34H42FN2O6S+. The third-order valence-electron chi connectivity index (χ3n) is 12.1. The van der Waals surface area contributed by atoms with Crippen molar-refractivity contribution in [1.82, 2.24) is 0 Å². The van der Waals surface area contributed by atoms with Gasteiger partial charge in [-0.1, -0.05) is 31.2 Å². The molecule has 0 saturated heterocycles. The van der Waals surface area contributed by atoms with Gasteiger partial charge in [-0.2, -0.15) is 0 Å². The molecule has 1 aromatic carbocycles. The van der Waals surface area contributed by atoms with E-state index in [1.165, 1.54) is 38.0 Å². The summed E-state index contributed by atoms with van der Waals surface area (Å²) in [6.07, 6.45) is 7.27. The predicted molar refractivity (Wildman–Crippen MR) is 164 cm³/mol. The van der Waals surface area contributed by atoms with Crippen LogP contribution in [0.4, 0.5) is 10.1 Å². The molecule has 0 spiro atoms. The van der Waals surface area contributed by atoms with Crippen molar-refractivity contribution < 1.29 is 38.7 Å². The maximum absolute atomic E-state index is 14.0. The summed E-state index contributed by atoms with van der Waals surface area (Å²) in [6, 6.07) is 6.33. The minimum absolute atomic E-state index is 0.00300. The van der Waals surface area contributed by atoms with Crippen molar-refractivity contribution in [3.05, 3.63) is 53.0 Å². The van der Waals surface area contributed by atoms with Gasteiger partial charge in [0.05, 0.1) is 11.9 Å². The van der Waals surface area contributed by atoms with Crippen molar-refractivity contribution in [3.63, 3.8) is 0 Å². The van der Waals surface area contributed by atoms with Gasteiger partial charge in [0.25, 0.3) is 0 Å². The van der Waals surface area contributed by atoms with Crippen LogP contribution < -0.4 is 5.32 Å². The summed E-state index contributed by atoms with van der Waals surface area (Å²) in [4.78, 5) is 38.7. The number of methoxy groups -OCH3 is 1. The molecule has 0 heterocycles. The first-order valence-corrected chi connectivity index (χ1v) is 16.4. The average molecular weight is 626 g/mol. The number of allylic oxidation sites excluding steroid dienone is 3. The maximum atomic E-state index is 14.0. The maximum Gasteiger partial charge on any atom is 0.333 e. The third kappa shape index (κ3) is 4.20. The zero-order valence-corrected chi connectivity index (χ0v) is 26.7. The molecule has 44 heavy (non-hydrogen) atoms. The molecule has 0 radical (unpaired) electrons. The fourth-order valence-electron chi connectivity index (χ4n) is 10.3. The zero-order valence-electron chi connectivity index (χ0n) is 25.8. The molecule has 8 nitrogen and oxygen atoms in total. The lowest BCUT2D eigenvalue weighted by atomic mass is 9.45. The number of ketones is 1. The fourth-order valence-corrected chi connectivity index (χ4v) is 11.2. The van der Waals surface area contributed by atoms with Gasteiger partial charge >= 0.3 is 5.97 Å². The number of rotatable bonds is 9. The van der Waals surface area contributed by atoms with Crippen LogP contribution in [-0.2, 0) is 23.9 Å². The number of carbonyl (C=O) groups is 3. The Morgan fingerprint density at radius 2 is 1.93 bits per heavy atom. The number of nitrogens with one attached hydrogen (secondary N) is 1. The molecule has 5 aliphatic rings. The highest BCUT2D eigenvalue weighted by Crippen LogP contribution is 2.90. The van der Waals surface area contributed by atoms with Gasteiger partial charge in [0.1, 0.15) is 29.6 Å². The highest BCUT2D eigenvalue weighted by atomic mass is 32.2. The Hall–Kier alpha value is -2.66. The normalized spacial score (nSPS) is 38.5. The van der Waals surface area contributed by atoms with E-state index in [2.05, 4.69) is 13.0 Å². The van der Waals surface area contributed by atoms with Gasteiger partial charge in [0, 0.05) is 47.3 Å². The summed E-state index contributed by atoms with van der Waals surface area (Å²) in [5.41, 5.74) is 0.621. The van der Waals surface area contributed by atoms with Gasteiger partial charge in [-0.05, 0) is 81.4 Å². The molecule has 236 valence electrons. The molecule has 1 aromatic rings. The van der Waals surface area contributed by atoms with E-state index < -0.39 is 28.5 Å². The number of nitrogens with two attached hydrogens (primary N) is 1. The number of Topliss-reactive ketones (excluding diaryl/α,β-unsaturated/α-hetero) is 1. The average Bonchev–Trinajstić information content (AvgIpc) is 3.62. The number of benzene rings is 1. The van der Waals surface area contributed by atoms with E-state index in [0.29, 0.717) is 25.7 Å². The first-order valence-electron chi connectivity index (χ1n) is 15.4. The molecule has 0 aromatic heterocycles. The first-order chi connectivity index (χ1) is 20.8. The van der Waals surface area contributed by atoms with Gasteiger partial charge < -0.3 is 20.0 Å². The van der Waals surface area contributed by atoms with Gasteiger partial charge in [-0.3, -0.25) is 14.9 Å². The second kappa shape index (κ2) is 10.7. The van der Waals surface area contributed by atoms with Gasteiger partial charge in [0.2, 0.25) is 5.12 Å². The van der Waals surface area contributed by atoms with Crippen LogP contribution in [-0.4, -0.2) is 59.4 Å². The molecule has 4 saturated carbocycles. The van der Waals surface area contributed by atoms with Crippen LogP contribution in [0.15, 0.2) is 47.2 Å². The van der Waals surface area contributed by atoms with Crippen LogP contribution in [0.25, 0.3) is 0 Å². The van der Waals surface area contributed by atoms with Crippen molar-refractivity contribution in [3.8, 4) is 0 Å². The Bertz CT molecular complexity index is 1490. The molecule has 0 amide bonds. The van der Waals surface area contributed by atoms with E-state index in [1.807, 2.05) is 12.2 Å². The van der Waals surface area contributed by atoms with Crippen molar-refractivity contribution in [2.24, 2.45) is 27.6 Å². The van der Waals surface area contributed by atoms with Crippen molar-refractivity contribution >= 4 is 40.5 Å². The number of hydrogen-bond donors (Lipinski definition) is 3. The van der Waals surface area contributed by atoms with E-state index >= 15 is 0 Å². The number of hydrogen-bond acceptors (Lipinski definition) is 8. The summed E-state index contributed by atoms with van der Waals surface area (Å²) in [5.74, 6) is -1.01. The lowest BCUT2D eigenvalue weighted by molar-refractivity contribution is -0.513. The van der Waals surface area contributed by atoms with Gasteiger partial charge in [0.15, 0.2) is 5.60 Å². The molecule has 3 unspecified atom stereocenters. The van der Waals surface area contributed by atoms with Crippen LogP contribution in [0.2, 0.25) is 0 Å². The Balaban J connectivity index is 1.36. The van der Waals surface area contributed by atoms with E-state index in [-0.39, 0.29) is 45.8 Å². The number of fused-ring (bicyclic) bond motifs is 2. The number of esters is 1. The Morgan fingerprint density at radius 3 is 2.59 bits per heavy atom. The van der Waals surface area contributed by atoms with Crippen LogP contribution in [0, 0.1) is 38.8 Å². The Morgan fingerprint density at radius 1 is 1.20 bits per heavy atom. The summed E-state index contributed by atoms with van der Waals surface area (Å²) in [5, 5.41) is 22.3. The number of halogens is 1. The number of carbonyl (C=O) groups excluding carboxylic acids is 3. The van der Waals surface area contributed by atoms with Crippen LogP contribution >= 0.6 is 11.8 Å². The summed E-state index contributed by atoms with van der Waals surface area (Å²) in [7, 11) is 1.40. The van der Waals surface area contributed by atoms with Crippen LogP contribution in [0.3, 0.4) is 0 Å². The highest BCUT2D eigenvalue weighted by Gasteiger charge is 2.88. The topological polar surface area (TPSA) is 130 Å². The van der Waals surface area contributed by atoms with Gasteiger partial charge in [-0.25, -0.2) is 9.18 Å². The monoisotopic (exact) mass is 625 g/mol. The van der Waals surface area contributed by atoms with Gasteiger partial charge in [-0.15, -0.1) is 0 Å². The molecule has 4 N–H and O–H groups in total. The molecule has 0 aliphatic heterocycles. The molecule has 5 aliphatic carbocycles. The number of ether oxygens (including phenoxy) is 2. The third-order valence-corrected chi connectivity index (χ3v) is 13.3. The first kappa shape index (κ1) is 31.3. The number of aliphatic hydroxyl groups is 1. The van der Waals surface area contributed by atoms with Crippen molar-refractivity contribution in [1.29, 1.82) is 5.41 Å². The Labute approximate surface area is 261 Å². The number of thioether (sulfide) groups is 1. The lowest BCUT2D eigenvalue weighted by Gasteiger charge is -2.60. The fraction of sp³-hybridized carbons (Fsp3) is 0.588. The quantitative estimate of drug-likeness (QED) is 0.211. The van der Waals surface area contributed by atoms with Crippen molar-refractivity contribution in [2.45, 2.75) is 77.4 Å². The number of aliphatic hydroxyl groups excluding tert-OH is 1. The summed E-state index contributed by atoms with van der Waals surface area (Å²) >= 11 is 0.906. The Kier molecular flexibility index (Phi) is 7.63. The van der Waals surface area contributed by atoms with Crippen molar-refractivity contribution in [2.75, 3.05) is 19.5 Å². The van der Waals surface area contributed by atoms with Crippen LogP contribution in [0.1, 0.15) is 65.7 Å². The minimum Gasteiger partial charge on any atom is -0.448 e. The predicted octanol–water partition coefficient (Wildman–Crippen LogP) is 4.39. The minimum atomic E-state index is -1.46. The number of quaternary nitrogens is 1. The summed E-state index contributed by atoms with van der Waals surface area (Å²) in [6.45, 7) is 5.39. The summed E-state index contributed by atoms with van der Waals surface area (Å²) < 4.78 is 24.7. The molecule has 0 bridgehead atoms. The van der Waals surface area contributed by atoms with E-state index in [0.717, 1.165) is 48.0 Å². The smallest absolute Gasteiger partial charge is 0.333 e. The molecule has 6 rings (SSSR count). The second-order valence-corrected chi connectivity index (χ2v) is 15.0. The molecule has 10 heteroatoms. The SMILES string of the molecule is COCC(=O)O[C@]1(C(=O)SCC(C)=O)CCC2C34CCC5=CC([NH2+]c6ccc(F)cc6)=C(C=N)C[C@]5(C)C3(C4)[C@@H](O)C[C@@]21C. The molecular weight excluding hydrogens is 583 g/mol. The van der Waals surface area contributed by atoms with E-state index in [9.17, 15) is 23.9 Å². The lowest BCUT2D eigenvalue weighted by Crippen LogP contribution is -2.76. The standard InChI is InChI=1S/C34H41FN2O6S/c1-20(38)18-44-29(41)34(43-28(40)17-42-4)12-10-26-31(34,3)15-27(39)33-19-32(26,33)11-9-22-13-25(21(16-36)14-30(22,33)2)37-24-7-5-23(35)6-8-24/h5-8,13,16,26-27,36-37,39H,9-12,14-15,17-19H2,1-4H3/p+1/t26?,27-,30-,31-,32?,33?,34-/m0/s1. The zero-order chi connectivity index (χ0) is 31.7. The molecule has 7 atom stereocenters. The second-order valence-electron chi connectivity index (χ2n) is 14.0. The van der Waals surface area contributed by atoms with Crippen LogP contribution in [0.5, 0.6) is 0 Å². The van der Waals surface area contributed by atoms with E-state index in [4.69, 9.17) is 14.9 Å². The van der Waals surface area contributed by atoms with E-state index in [1.54, 1.807) is 12.1 Å². The highest BCUT2D eigenvalue weighted by molar-refractivity contribution is 8.14.